The molecule has 0 unspecified atom stereocenters. The first-order valence-corrected chi connectivity index (χ1v) is 5.63. The quantitative estimate of drug-likeness (QED) is 0.784. The largest absolute Gasteiger partial charge is 0.481 e. The van der Waals surface area contributed by atoms with Crippen molar-refractivity contribution in [3.63, 3.8) is 0 Å². The number of amides is 1. The maximum absolute atomic E-state index is 11.6. The highest BCUT2D eigenvalue weighted by Crippen LogP contribution is 2.07. The minimum Gasteiger partial charge on any atom is -0.481 e. The molecular weight excluding hydrogens is 218 g/mol. The van der Waals surface area contributed by atoms with E-state index in [4.69, 9.17) is 5.11 Å². The van der Waals surface area contributed by atoms with Crippen LogP contribution in [0.4, 0.5) is 0 Å². The number of carboxylic acids is 1. The first-order valence-electron chi connectivity index (χ1n) is 5.63. The van der Waals surface area contributed by atoms with Gasteiger partial charge >= 0.3 is 5.97 Å². The SMILES string of the molecule is C[C@@H](Cc1ccccc1)C(=O)NCCC(=O)O. The van der Waals surface area contributed by atoms with Gasteiger partial charge in [-0.25, -0.2) is 0 Å². The van der Waals surface area contributed by atoms with E-state index in [1.807, 2.05) is 37.3 Å². The molecule has 0 aliphatic rings. The van der Waals surface area contributed by atoms with Gasteiger partial charge in [-0.15, -0.1) is 0 Å². The number of carboxylic acid groups (broad SMARTS) is 1. The molecule has 1 amide bonds. The number of benzene rings is 1. The summed E-state index contributed by atoms with van der Waals surface area (Å²) in [6.07, 6.45) is 0.629. The molecule has 1 aromatic rings. The standard InChI is InChI=1S/C13H17NO3/c1-10(9-11-5-3-2-4-6-11)13(17)14-8-7-12(15)16/h2-6,10H,7-9H2,1H3,(H,14,17)(H,15,16)/t10-/m0/s1. The van der Waals surface area contributed by atoms with Crippen molar-refractivity contribution in [3.8, 4) is 0 Å². The molecule has 1 rings (SSSR count). The van der Waals surface area contributed by atoms with Crippen molar-refractivity contribution >= 4 is 11.9 Å². The molecule has 4 heteroatoms. The van der Waals surface area contributed by atoms with E-state index in [0.29, 0.717) is 6.42 Å². The predicted molar refractivity (Wildman–Crippen MR) is 64.6 cm³/mol. The molecule has 17 heavy (non-hydrogen) atoms. The van der Waals surface area contributed by atoms with Crippen molar-refractivity contribution in [2.75, 3.05) is 6.54 Å². The summed E-state index contributed by atoms with van der Waals surface area (Å²) in [6, 6.07) is 9.75. The Labute approximate surface area is 101 Å². The topological polar surface area (TPSA) is 66.4 Å². The van der Waals surface area contributed by atoms with E-state index in [9.17, 15) is 9.59 Å². The summed E-state index contributed by atoms with van der Waals surface area (Å²) in [5.41, 5.74) is 1.10. The van der Waals surface area contributed by atoms with E-state index in [-0.39, 0.29) is 24.8 Å². The summed E-state index contributed by atoms with van der Waals surface area (Å²) in [7, 11) is 0. The number of nitrogens with one attached hydrogen (secondary N) is 1. The Bertz CT molecular complexity index is 376. The van der Waals surface area contributed by atoms with Gasteiger partial charge in [-0.2, -0.15) is 0 Å². The van der Waals surface area contributed by atoms with Crippen LogP contribution in [0.1, 0.15) is 18.9 Å². The van der Waals surface area contributed by atoms with E-state index in [2.05, 4.69) is 5.32 Å². The second-order valence-corrected chi connectivity index (χ2v) is 4.03. The van der Waals surface area contributed by atoms with Crippen molar-refractivity contribution in [1.82, 2.24) is 5.32 Å². The first kappa shape index (κ1) is 13.2. The molecular formula is C13H17NO3. The van der Waals surface area contributed by atoms with Gasteiger partial charge in [0.15, 0.2) is 0 Å². The van der Waals surface area contributed by atoms with Gasteiger partial charge in [-0.3, -0.25) is 9.59 Å². The third-order valence-electron chi connectivity index (χ3n) is 2.47. The number of rotatable bonds is 6. The molecule has 2 N–H and O–H groups in total. The predicted octanol–water partition coefficient (Wildman–Crippen LogP) is 1.46. The lowest BCUT2D eigenvalue weighted by Crippen LogP contribution is -2.31. The van der Waals surface area contributed by atoms with Crippen LogP contribution in [-0.4, -0.2) is 23.5 Å². The average Bonchev–Trinajstić information content (AvgIpc) is 2.29. The molecule has 0 aliphatic carbocycles. The van der Waals surface area contributed by atoms with Gasteiger partial charge in [-0.05, 0) is 12.0 Å². The molecule has 0 saturated heterocycles. The Hall–Kier alpha value is -1.84. The van der Waals surface area contributed by atoms with Crippen LogP contribution in [0, 0.1) is 5.92 Å². The molecule has 0 aliphatic heterocycles. The number of hydrogen-bond donors (Lipinski definition) is 2. The van der Waals surface area contributed by atoms with Gasteiger partial charge in [0, 0.05) is 12.5 Å². The van der Waals surface area contributed by atoms with Crippen LogP contribution in [0.25, 0.3) is 0 Å². The molecule has 0 heterocycles. The highest BCUT2D eigenvalue weighted by Gasteiger charge is 2.13. The Morgan fingerprint density at radius 3 is 2.53 bits per heavy atom. The Balaban J connectivity index is 2.34. The minimum atomic E-state index is -0.902. The van der Waals surface area contributed by atoms with Crippen LogP contribution >= 0.6 is 0 Å². The molecule has 0 bridgehead atoms. The summed E-state index contributed by atoms with van der Waals surface area (Å²) in [4.78, 5) is 21.9. The molecule has 92 valence electrons. The smallest absolute Gasteiger partial charge is 0.305 e. The first-order chi connectivity index (χ1) is 8.09. The van der Waals surface area contributed by atoms with Crippen molar-refractivity contribution in [3.05, 3.63) is 35.9 Å². The number of aliphatic carboxylic acids is 1. The van der Waals surface area contributed by atoms with Gasteiger partial charge in [0.1, 0.15) is 0 Å². The Morgan fingerprint density at radius 2 is 1.94 bits per heavy atom. The zero-order valence-electron chi connectivity index (χ0n) is 9.85. The molecule has 0 fully saturated rings. The number of carbonyl (C=O) groups excluding carboxylic acids is 1. The van der Waals surface area contributed by atoms with Crippen molar-refractivity contribution in [2.45, 2.75) is 19.8 Å². The van der Waals surface area contributed by atoms with Gasteiger partial charge in [0.2, 0.25) is 5.91 Å². The zero-order chi connectivity index (χ0) is 12.7. The molecule has 0 spiro atoms. The molecule has 4 nitrogen and oxygen atoms in total. The van der Waals surface area contributed by atoms with Crippen molar-refractivity contribution in [1.29, 1.82) is 0 Å². The average molecular weight is 235 g/mol. The lowest BCUT2D eigenvalue weighted by Gasteiger charge is -2.11. The summed E-state index contributed by atoms with van der Waals surface area (Å²) >= 11 is 0. The van der Waals surface area contributed by atoms with Crippen LogP contribution in [0.15, 0.2) is 30.3 Å². The second-order valence-electron chi connectivity index (χ2n) is 4.03. The van der Waals surface area contributed by atoms with Gasteiger partial charge < -0.3 is 10.4 Å². The highest BCUT2D eigenvalue weighted by molar-refractivity contribution is 5.79. The zero-order valence-corrected chi connectivity index (χ0v) is 9.85. The van der Waals surface area contributed by atoms with Crippen molar-refractivity contribution in [2.24, 2.45) is 5.92 Å². The summed E-state index contributed by atoms with van der Waals surface area (Å²) in [5, 5.41) is 11.1. The van der Waals surface area contributed by atoms with E-state index in [1.165, 1.54) is 0 Å². The van der Waals surface area contributed by atoms with Crippen LogP contribution in [0.3, 0.4) is 0 Å². The van der Waals surface area contributed by atoms with Crippen LogP contribution in [-0.2, 0) is 16.0 Å². The fraction of sp³-hybridized carbons (Fsp3) is 0.385. The Kier molecular flexibility index (Phi) is 5.20. The third-order valence-corrected chi connectivity index (χ3v) is 2.47. The van der Waals surface area contributed by atoms with Gasteiger partial charge in [0.05, 0.1) is 6.42 Å². The van der Waals surface area contributed by atoms with Gasteiger partial charge in [-0.1, -0.05) is 37.3 Å². The fourth-order valence-electron chi connectivity index (χ4n) is 1.53. The summed E-state index contributed by atoms with van der Waals surface area (Å²) in [6.45, 7) is 2.02. The maximum Gasteiger partial charge on any atom is 0.305 e. The normalized spacial score (nSPS) is 11.8. The Morgan fingerprint density at radius 1 is 1.29 bits per heavy atom. The molecule has 0 radical (unpaired) electrons. The maximum atomic E-state index is 11.6. The lowest BCUT2D eigenvalue weighted by molar-refractivity contribution is -0.137. The van der Waals surface area contributed by atoms with Crippen LogP contribution in [0.2, 0.25) is 0 Å². The van der Waals surface area contributed by atoms with E-state index in [0.717, 1.165) is 5.56 Å². The van der Waals surface area contributed by atoms with E-state index < -0.39 is 5.97 Å². The third kappa shape index (κ3) is 5.15. The van der Waals surface area contributed by atoms with E-state index in [1.54, 1.807) is 0 Å². The summed E-state index contributed by atoms with van der Waals surface area (Å²) in [5.74, 6) is -1.15. The highest BCUT2D eigenvalue weighted by atomic mass is 16.4. The number of hydrogen-bond acceptors (Lipinski definition) is 2. The van der Waals surface area contributed by atoms with Crippen LogP contribution < -0.4 is 5.32 Å². The van der Waals surface area contributed by atoms with E-state index >= 15 is 0 Å². The molecule has 1 atom stereocenters. The molecule has 0 aromatic heterocycles. The molecule has 0 saturated carbocycles. The summed E-state index contributed by atoms with van der Waals surface area (Å²) < 4.78 is 0. The van der Waals surface area contributed by atoms with Crippen LogP contribution in [0.5, 0.6) is 0 Å². The lowest BCUT2D eigenvalue weighted by atomic mass is 10.0. The number of carbonyl (C=O) groups is 2. The van der Waals surface area contributed by atoms with Gasteiger partial charge in [0.25, 0.3) is 0 Å². The fourth-order valence-corrected chi connectivity index (χ4v) is 1.53. The monoisotopic (exact) mass is 235 g/mol. The van der Waals surface area contributed by atoms with Crippen molar-refractivity contribution < 1.29 is 14.7 Å². The molecule has 1 aromatic carbocycles. The minimum absolute atomic E-state index is 0.0379. The second kappa shape index (κ2) is 6.68.